The van der Waals surface area contributed by atoms with Gasteiger partial charge in [0.05, 0.1) is 12.6 Å². The number of aromatic nitrogens is 2. The van der Waals surface area contributed by atoms with Gasteiger partial charge in [-0.05, 0) is 13.0 Å². The SMILES string of the molecule is CC(=O)N1CCN(C(=O)[C@H](C)NCCn2cccn2)CC1. The number of hydrogen-bond donors (Lipinski definition) is 1. The van der Waals surface area contributed by atoms with Crippen molar-refractivity contribution in [2.45, 2.75) is 26.4 Å². The third kappa shape index (κ3) is 4.29. The Labute approximate surface area is 124 Å². The number of amides is 2. The fourth-order valence-corrected chi connectivity index (χ4v) is 2.43. The second kappa shape index (κ2) is 7.21. The zero-order valence-corrected chi connectivity index (χ0v) is 12.7. The molecule has 0 radical (unpaired) electrons. The number of rotatable bonds is 5. The number of carbonyl (C=O) groups is 2. The molecule has 2 amide bonds. The van der Waals surface area contributed by atoms with Gasteiger partial charge in [-0.15, -0.1) is 0 Å². The van der Waals surface area contributed by atoms with Crippen LogP contribution in [0.25, 0.3) is 0 Å². The molecule has 1 saturated heterocycles. The van der Waals surface area contributed by atoms with Crippen molar-refractivity contribution in [1.29, 1.82) is 0 Å². The molecule has 1 N–H and O–H groups in total. The Bertz CT molecular complexity index is 466. The number of carbonyl (C=O) groups excluding carboxylic acids is 2. The smallest absolute Gasteiger partial charge is 0.239 e. The highest BCUT2D eigenvalue weighted by Crippen LogP contribution is 2.04. The third-order valence-electron chi connectivity index (χ3n) is 3.76. The van der Waals surface area contributed by atoms with Crippen LogP contribution in [0.2, 0.25) is 0 Å². The summed E-state index contributed by atoms with van der Waals surface area (Å²) in [4.78, 5) is 27.2. The predicted molar refractivity (Wildman–Crippen MR) is 78.5 cm³/mol. The average molecular weight is 293 g/mol. The van der Waals surface area contributed by atoms with Crippen LogP contribution in [0.5, 0.6) is 0 Å². The lowest BCUT2D eigenvalue weighted by molar-refractivity contribution is -0.139. The second-order valence-corrected chi connectivity index (χ2v) is 5.28. The molecule has 21 heavy (non-hydrogen) atoms. The lowest BCUT2D eigenvalue weighted by atomic mass is 10.2. The van der Waals surface area contributed by atoms with Gasteiger partial charge in [-0.3, -0.25) is 14.3 Å². The van der Waals surface area contributed by atoms with Crippen LogP contribution in [0.15, 0.2) is 18.5 Å². The van der Waals surface area contributed by atoms with Crippen molar-refractivity contribution in [3.8, 4) is 0 Å². The van der Waals surface area contributed by atoms with Crippen molar-refractivity contribution in [2.75, 3.05) is 32.7 Å². The molecule has 116 valence electrons. The molecule has 1 atom stereocenters. The van der Waals surface area contributed by atoms with Crippen LogP contribution in [0.3, 0.4) is 0 Å². The Balaban J connectivity index is 1.71. The Morgan fingerprint density at radius 1 is 1.24 bits per heavy atom. The molecule has 0 spiro atoms. The Hall–Kier alpha value is -1.89. The van der Waals surface area contributed by atoms with E-state index in [0.717, 1.165) is 6.54 Å². The van der Waals surface area contributed by atoms with Gasteiger partial charge in [0.25, 0.3) is 0 Å². The summed E-state index contributed by atoms with van der Waals surface area (Å²) in [6.07, 6.45) is 3.64. The molecule has 7 nitrogen and oxygen atoms in total. The van der Waals surface area contributed by atoms with E-state index in [9.17, 15) is 9.59 Å². The zero-order valence-electron chi connectivity index (χ0n) is 12.7. The molecule has 1 aromatic rings. The highest BCUT2D eigenvalue weighted by Gasteiger charge is 2.25. The Morgan fingerprint density at radius 3 is 2.48 bits per heavy atom. The molecule has 0 unspecified atom stereocenters. The summed E-state index contributed by atoms with van der Waals surface area (Å²) in [5.74, 6) is 0.172. The largest absolute Gasteiger partial charge is 0.339 e. The first-order valence-electron chi connectivity index (χ1n) is 7.33. The maximum atomic E-state index is 12.3. The molecule has 0 bridgehead atoms. The topological polar surface area (TPSA) is 70.5 Å². The normalized spacial score (nSPS) is 16.9. The van der Waals surface area contributed by atoms with Crippen molar-refractivity contribution in [3.05, 3.63) is 18.5 Å². The summed E-state index contributed by atoms with van der Waals surface area (Å²) in [5, 5.41) is 7.34. The van der Waals surface area contributed by atoms with Crippen molar-refractivity contribution in [1.82, 2.24) is 24.9 Å². The van der Waals surface area contributed by atoms with E-state index >= 15 is 0 Å². The van der Waals surface area contributed by atoms with E-state index in [1.165, 1.54) is 0 Å². The molecule has 0 saturated carbocycles. The summed E-state index contributed by atoms with van der Waals surface area (Å²) in [7, 11) is 0. The van der Waals surface area contributed by atoms with Crippen LogP contribution in [-0.2, 0) is 16.1 Å². The molecule has 0 aliphatic carbocycles. The lowest BCUT2D eigenvalue weighted by Gasteiger charge is -2.35. The van der Waals surface area contributed by atoms with E-state index in [1.54, 1.807) is 18.0 Å². The average Bonchev–Trinajstić information content (AvgIpc) is 2.99. The number of nitrogens with one attached hydrogen (secondary N) is 1. The van der Waals surface area contributed by atoms with Gasteiger partial charge in [-0.1, -0.05) is 0 Å². The van der Waals surface area contributed by atoms with E-state index in [1.807, 2.05) is 28.8 Å². The minimum Gasteiger partial charge on any atom is -0.339 e. The monoisotopic (exact) mass is 293 g/mol. The van der Waals surface area contributed by atoms with Crippen molar-refractivity contribution in [3.63, 3.8) is 0 Å². The summed E-state index contributed by atoms with van der Waals surface area (Å²) in [6.45, 7) is 7.36. The van der Waals surface area contributed by atoms with Crippen LogP contribution in [0.4, 0.5) is 0 Å². The Morgan fingerprint density at radius 2 is 1.90 bits per heavy atom. The van der Waals surface area contributed by atoms with Gasteiger partial charge in [0.1, 0.15) is 0 Å². The molecule has 2 heterocycles. The van der Waals surface area contributed by atoms with Gasteiger partial charge in [0.2, 0.25) is 11.8 Å². The van der Waals surface area contributed by atoms with Crippen molar-refractivity contribution in [2.24, 2.45) is 0 Å². The van der Waals surface area contributed by atoms with Crippen LogP contribution in [0.1, 0.15) is 13.8 Å². The molecule has 2 rings (SSSR count). The summed E-state index contributed by atoms with van der Waals surface area (Å²) in [6, 6.07) is 1.66. The number of piperazine rings is 1. The maximum absolute atomic E-state index is 12.3. The van der Waals surface area contributed by atoms with E-state index in [4.69, 9.17) is 0 Å². The van der Waals surface area contributed by atoms with Crippen LogP contribution < -0.4 is 5.32 Å². The van der Waals surface area contributed by atoms with Gasteiger partial charge in [0, 0.05) is 52.0 Å². The molecular formula is C14H23N5O2. The second-order valence-electron chi connectivity index (χ2n) is 5.28. The molecule has 0 aromatic carbocycles. The molecule has 1 aromatic heterocycles. The van der Waals surface area contributed by atoms with Crippen LogP contribution in [0, 0.1) is 0 Å². The summed E-state index contributed by atoms with van der Waals surface area (Å²) >= 11 is 0. The first-order valence-corrected chi connectivity index (χ1v) is 7.33. The van der Waals surface area contributed by atoms with Crippen molar-refractivity contribution < 1.29 is 9.59 Å². The fraction of sp³-hybridized carbons (Fsp3) is 0.643. The Kier molecular flexibility index (Phi) is 5.32. The van der Waals surface area contributed by atoms with E-state index in [2.05, 4.69) is 10.4 Å². The summed E-state index contributed by atoms with van der Waals surface area (Å²) < 4.78 is 1.83. The number of nitrogens with zero attached hydrogens (tertiary/aromatic N) is 4. The quantitative estimate of drug-likeness (QED) is 0.798. The standard InChI is InChI=1S/C14H23N5O2/c1-12(15-5-7-19-6-3-4-16-19)14(21)18-10-8-17(9-11-18)13(2)20/h3-4,6,12,15H,5,7-11H2,1-2H3/t12-/m0/s1. The first-order chi connectivity index (χ1) is 10.1. The molecular weight excluding hydrogens is 270 g/mol. The molecule has 1 aliphatic heterocycles. The van der Waals surface area contributed by atoms with Gasteiger partial charge in [-0.25, -0.2) is 0 Å². The summed E-state index contributed by atoms with van der Waals surface area (Å²) in [5.41, 5.74) is 0. The highest BCUT2D eigenvalue weighted by molar-refractivity contribution is 5.82. The van der Waals surface area contributed by atoms with E-state index in [0.29, 0.717) is 32.7 Å². The lowest BCUT2D eigenvalue weighted by Crippen LogP contribution is -2.54. The van der Waals surface area contributed by atoms with Crippen molar-refractivity contribution >= 4 is 11.8 Å². The van der Waals surface area contributed by atoms with Gasteiger partial charge >= 0.3 is 0 Å². The maximum Gasteiger partial charge on any atom is 0.239 e. The molecule has 1 fully saturated rings. The minimum atomic E-state index is -0.218. The van der Waals surface area contributed by atoms with E-state index in [-0.39, 0.29) is 17.9 Å². The van der Waals surface area contributed by atoms with Gasteiger partial charge in [0.15, 0.2) is 0 Å². The minimum absolute atomic E-state index is 0.0764. The van der Waals surface area contributed by atoms with Gasteiger partial charge < -0.3 is 15.1 Å². The number of hydrogen-bond acceptors (Lipinski definition) is 4. The zero-order chi connectivity index (χ0) is 15.2. The fourth-order valence-electron chi connectivity index (χ4n) is 2.43. The predicted octanol–water partition coefficient (Wildman–Crippen LogP) is -0.448. The van der Waals surface area contributed by atoms with Crippen LogP contribution in [-0.4, -0.2) is 70.2 Å². The van der Waals surface area contributed by atoms with Crippen LogP contribution >= 0.6 is 0 Å². The van der Waals surface area contributed by atoms with E-state index < -0.39 is 0 Å². The molecule has 1 aliphatic rings. The third-order valence-corrected chi connectivity index (χ3v) is 3.76. The van der Waals surface area contributed by atoms with Gasteiger partial charge in [-0.2, -0.15) is 5.10 Å². The highest BCUT2D eigenvalue weighted by atomic mass is 16.2. The molecule has 7 heteroatoms. The first kappa shape index (κ1) is 15.5.